The fourth-order valence-corrected chi connectivity index (χ4v) is 2.93. The van der Waals surface area contributed by atoms with Gasteiger partial charge in [-0.1, -0.05) is 0 Å². The third kappa shape index (κ3) is 4.21. The highest BCUT2D eigenvalue weighted by Crippen LogP contribution is 2.39. The molecule has 8 nitrogen and oxygen atoms in total. The predicted molar refractivity (Wildman–Crippen MR) is 109 cm³/mol. The molecule has 1 amide bonds. The van der Waals surface area contributed by atoms with Crippen LogP contribution in [0, 0.1) is 0 Å². The van der Waals surface area contributed by atoms with Crippen molar-refractivity contribution in [2.75, 3.05) is 25.1 Å². The lowest BCUT2D eigenvalue weighted by atomic mass is 10.1. The van der Waals surface area contributed by atoms with E-state index in [-0.39, 0.29) is 5.91 Å². The van der Waals surface area contributed by atoms with Crippen molar-refractivity contribution in [1.29, 1.82) is 0 Å². The molecule has 0 radical (unpaired) electrons. The van der Waals surface area contributed by atoms with Crippen molar-refractivity contribution >= 4 is 22.7 Å². The summed E-state index contributed by atoms with van der Waals surface area (Å²) >= 11 is 0. The van der Waals surface area contributed by atoms with Crippen LogP contribution in [0.2, 0.25) is 0 Å². The van der Waals surface area contributed by atoms with Gasteiger partial charge in [-0.25, -0.2) is 4.79 Å². The van der Waals surface area contributed by atoms with E-state index in [1.807, 2.05) is 20.8 Å². The minimum Gasteiger partial charge on any atom is -0.490 e. The second-order valence-corrected chi connectivity index (χ2v) is 6.16. The Labute approximate surface area is 168 Å². The van der Waals surface area contributed by atoms with Crippen LogP contribution in [0.1, 0.15) is 31.1 Å². The monoisotopic (exact) mass is 400 g/mol. The van der Waals surface area contributed by atoms with E-state index in [1.54, 1.807) is 37.4 Å². The lowest BCUT2D eigenvalue weighted by Crippen LogP contribution is -2.13. The minimum atomic E-state index is -0.460. The average molecular weight is 400 g/mol. The molecule has 29 heavy (non-hydrogen) atoms. The number of oxazole rings is 1. The van der Waals surface area contributed by atoms with Crippen LogP contribution in [0.4, 0.5) is 5.69 Å². The average Bonchev–Trinajstić information content (AvgIpc) is 2.97. The van der Waals surface area contributed by atoms with Crippen LogP contribution in [0.15, 0.2) is 39.5 Å². The summed E-state index contributed by atoms with van der Waals surface area (Å²) in [5.74, 6) is 0.537. The van der Waals surface area contributed by atoms with Crippen LogP contribution in [-0.2, 0) is 7.05 Å². The van der Waals surface area contributed by atoms with E-state index >= 15 is 0 Å². The number of aromatic nitrogens is 1. The fraction of sp³-hybridized carbons (Fsp3) is 0.333. The maximum absolute atomic E-state index is 12.8. The Kier molecular flexibility index (Phi) is 6.11. The van der Waals surface area contributed by atoms with Crippen molar-refractivity contribution in [1.82, 2.24) is 4.57 Å². The zero-order valence-corrected chi connectivity index (χ0v) is 16.9. The number of nitrogens with zero attached hydrogens (tertiary/aromatic N) is 1. The van der Waals surface area contributed by atoms with Crippen LogP contribution >= 0.6 is 0 Å². The van der Waals surface area contributed by atoms with Gasteiger partial charge in [0.1, 0.15) is 0 Å². The molecule has 1 N–H and O–H groups in total. The first-order valence-corrected chi connectivity index (χ1v) is 9.45. The summed E-state index contributed by atoms with van der Waals surface area (Å²) < 4.78 is 23.5. The largest absolute Gasteiger partial charge is 0.490 e. The molecule has 1 aromatic heterocycles. The van der Waals surface area contributed by atoms with Gasteiger partial charge >= 0.3 is 5.76 Å². The van der Waals surface area contributed by atoms with Gasteiger partial charge in [-0.3, -0.25) is 9.36 Å². The summed E-state index contributed by atoms with van der Waals surface area (Å²) in [5.41, 5.74) is 1.90. The topological polar surface area (TPSA) is 91.9 Å². The number of hydrogen-bond acceptors (Lipinski definition) is 6. The second kappa shape index (κ2) is 8.72. The third-order valence-corrected chi connectivity index (χ3v) is 4.22. The van der Waals surface area contributed by atoms with Crippen LogP contribution in [0.3, 0.4) is 0 Å². The summed E-state index contributed by atoms with van der Waals surface area (Å²) in [6, 6.07) is 8.26. The highest BCUT2D eigenvalue weighted by atomic mass is 16.5. The van der Waals surface area contributed by atoms with E-state index in [2.05, 4.69) is 5.32 Å². The molecule has 0 aliphatic carbocycles. The van der Waals surface area contributed by atoms with E-state index in [1.165, 1.54) is 4.57 Å². The molecule has 0 atom stereocenters. The van der Waals surface area contributed by atoms with Crippen LogP contribution in [0.5, 0.6) is 17.2 Å². The summed E-state index contributed by atoms with van der Waals surface area (Å²) in [5, 5.41) is 2.81. The molecule has 0 saturated heterocycles. The van der Waals surface area contributed by atoms with Gasteiger partial charge in [0.15, 0.2) is 17.1 Å². The molecule has 2 aromatic carbocycles. The summed E-state index contributed by atoms with van der Waals surface area (Å²) in [6.45, 7) is 6.84. The number of nitrogens with one attached hydrogen (secondary N) is 1. The van der Waals surface area contributed by atoms with Gasteiger partial charge in [0.2, 0.25) is 5.75 Å². The summed E-state index contributed by atoms with van der Waals surface area (Å²) in [4.78, 5) is 24.5. The molecule has 0 unspecified atom stereocenters. The number of amides is 1. The molecule has 0 saturated carbocycles. The van der Waals surface area contributed by atoms with Crippen LogP contribution in [-0.4, -0.2) is 30.3 Å². The normalized spacial score (nSPS) is 10.8. The smallest absolute Gasteiger partial charge is 0.419 e. The Bertz CT molecular complexity index is 1060. The number of aryl methyl sites for hydroxylation is 1. The SMILES string of the molecule is CCOc1cc(C(=O)Nc2ccc3c(c2)oc(=O)n3C)cc(OCC)c1OCC. The fourth-order valence-electron chi connectivity index (χ4n) is 2.93. The Hall–Kier alpha value is -3.42. The maximum atomic E-state index is 12.8. The molecule has 0 fully saturated rings. The lowest BCUT2D eigenvalue weighted by Gasteiger charge is -2.17. The summed E-state index contributed by atoms with van der Waals surface area (Å²) in [7, 11) is 1.62. The second-order valence-electron chi connectivity index (χ2n) is 6.16. The van der Waals surface area contributed by atoms with Crippen molar-refractivity contribution in [3.63, 3.8) is 0 Å². The Morgan fingerprint density at radius 3 is 2.21 bits per heavy atom. The van der Waals surface area contributed by atoms with Crippen molar-refractivity contribution in [3.05, 3.63) is 46.4 Å². The number of fused-ring (bicyclic) bond motifs is 1. The first-order chi connectivity index (χ1) is 14.0. The lowest BCUT2D eigenvalue weighted by molar-refractivity contribution is 0.102. The number of carbonyl (C=O) groups is 1. The number of ether oxygens (including phenoxy) is 3. The summed E-state index contributed by atoms with van der Waals surface area (Å²) in [6.07, 6.45) is 0. The molecule has 3 rings (SSSR count). The Morgan fingerprint density at radius 2 is 1.62 bits per heavy atom. The Morgan fingerprint density at radius 1 is 1.00 bits per heavy atom. The number of benzene rings is 2. The van der Waals surface area contributed by atoms with Crippen molar-refractivity contribution in [2.45, 2.75) is 20.8 Å². The molecule has 154 valence electrons. The zero-order valence-electron chi connectivity index (χ0n) is 16.9. The first kappa shape index (κ1) is 20.3. The van der Waals surface area contributed by atoms with Gasteiger partial charge < -0.3 is 23.9 Å². The molecule has 0 spiro atoms. The highest BCUT2D eigenvalue weighted by molar-refractivity contribution is 6.05. The van der Waals surface area contributed by atoms with Crippen LogP contribution in [0.25, 0.3) is 11.1 Å². The third-order valence-electron chi connectivity index (χ3n) is 4.22. The maximum Gasteiger partial charge on any atom is 0.419 e. The Balaban J connectivity index is 1.94. The molecule has 0 bridgehead atoms. The quantitative estimate of drug-likeness (QED) is 0.621. The molecule has 3 aromatic rings. The predicted octanol–water partition coefficient (Wildman–Crippen LogP) is 3.58. The van der Waals surface area contributed by atoms with Gasteiger partial charge in [-0.15, -0.1) is 0 Å². The van der Waals surface area contributed by atoms with Gasteiger partial charge in [-0.2, -0.15) is 0 Å². The van der Waals surface area contributed by atoms with Crippen molar-refractivity contribution < 1.29 is 23.4 Å². The molecule has 1 heterocycles. The number of rotatable bonds is 8. The van der Waals surface area contributed by atoms with E-state index in [0.29, 0.717) is 59.4 Å². The van der Waals surface area contributed by atoms with E-state index in [0.717, 1.165) is 0 Å². The number of anilines is 1. The molecule has 0 aliphatic rings. The van der Waals surface area contributed by atoms with E-state index in [9.17, 15) is 9.59 Å². The van der Waals surface area contributed by atoms with Gasteiger partial charge in [0.25, 0.3) is 5.91 Å². The highest BCUT2D eigenvalue weighted by Gasteiger charge is 2.19. The first-order valence-electron chi connectivity index (χ1n) is 9.45. The van der Waals surface area contributed by atoms with E-state index < -0.39 is 5.76 Å². The molecular formula is C21H24N2O6. The molecule has 0 aliphatic heterocycles. The molecular weight excluding hydrogens is 376 g/mol. The van der Waals surface area contributed by atoms with Gasteiger partial charge in [0, 0.05) is 24.4 Å². The van der Waals surface area contributed by atoms with Gasteiger partial charge in [-0.05, 0) is 45.0 Å². The van der Waals surface area contributed by atoms with Crippen molar-refractivity contribution in [2.24, 2.45) is 7.05 Å². The van der Waals surface area contributed by atoms with Crippen LogP contribution < -0.4 is 25.3 Å². The standard InChI is InChI=1S/C21H24N2O6/c1-5-26-17-10-13(11-18(27-6-2)19(17)28-7-3)20(24)22-14-8-9-15-16(12-14)29-21(25)23(15)4/h8-12H,5-7H2,1-4H3,(H,22,24). The number of hydrogen-bond donors (Lipinski definition) is 1. The van der Waals surface area contributed by atoms with E-state index in [4.69, 9.17) is 18.6 Å². The van der Waals surface area contributed by atoms with Crippen molar-refractivity contribution in [3.8, 4) is 17.2 Å². The molecule has 8 heteroatoms. The minimum absolute atomic E-state index is 0.354. The number of carbonyl (C=O) groups excluding carboxylic acids is 1. The van der Waals surface area contributed by atoms with Gasteiger partial charge in [0.05, 0.1) is 25.3 Å². The zero-order chi connectivity index (χ0) is 21.0.